The summed E-state index contributed by atoms with van der Waals surface area (Å²) in [6.45, 7) is 11.2. The number of hydrogen-bond acceptors (Lipinski definition) is 4. The summed E-state index contributed by atoms with van der Waals surface area (Å²) in [5.74, 6) is 1.83. The lowest BCUT2D eigenvalue weighted by Gasteiger charge is -2.46. The van der Waals surface area contributed by atoms with Crippen LogP contribution in [-0.4, -0.2) is 33.3 Å². The van der Waals surface area contributed by atoms with Crippen molar-refractivity contribution >= 4 is 15.4 Å². The molecule has 1 unspecified atom stereocenters. The summed E-state index contributed by atoms with van der Waals surface area (Å²) in [5, 5.41) is 11.0. The average molecular weight is 577 g/mol. The van der Waals surface area contributed by atoms with E-state index in [-0.39, 0.29) is 11.6 Å². The summed E-state index contributed by atoms with van der Waals surface area (Å²) in [6.07, 6.45) is 0.947. The Morgan fingerprint density at radius 2 is 1.02 bits per heavy atom. The molecule has 0 radical (unpaired) electrons. The second kappa shape index (κ2) is 12.2. The summed E-state index contributed by atoms with van der Waals surface area (Å²) < 4.78 is 20.6. The number of benzene rings is 4. The van der Waals surface area contributed by atoms with Gasteiger partial charge in [-0.2, -0.15) is 0 Å². The van der Waals surface area contributed by atoms with Crippen molar-refractivity contribution in [3.05, 3.63) is 156 Å². The second-order valence-corrected chi connectivity index (χ2v) is 17.3. The molecule has 1 saturated heterocycles. The SMILES string of the molecule is CC(C)(C)[Si](C)(C)OCC(O)/C=C/B1OC(c2ccccc2)(c2ccccc2)C(c2ccccc2)(c2ccccc2)O1. The molecule has 216 valence electrons. The van der Waals surface area contributed by atoms with E-state index in [9.17, 15) is 5.11 Å². The van der Waals surface area contributed by atoms with Crippen LogP contribution in [0.4, 0.5) is 0 Å². The number of hydrogen-bond donors (Lipinski definition) is 1. The first-order valence-corrected chi connectivity index (χ1v) is 17.6. The van der Waals surface area contributed by atoms with Gasteiger partial charge in [0.15, 0.2) is 8.32 Å². The largest absolute Gasteiger partial charge is 0.487 e. The van der Waals surface area contributed by atoms with Gasteiger partial charge in [0, 0.05) is 0 Å². The summed E-state index contributed by atoms with van der Waals surface area (Å²) in [4.78, 5) is 0. The maximum absolute atomic E-state index is 11.0. The molecule has 4 nitrogen and oxygen atoms in total. The van der Waals surface area contributed by atoms with Crippen molar-refractivity contribution in [2.45, 2.75) is 56.2 Å². The van der Waals surface area contributed by atoms with Crippen molar-refractivity contribution in [3.8, 4) is 0 Å². The first-order chi connectivity index (χ1) is 20.1. The maximum Gasteiger partial charge on any atom is 0.487 e. The molecule has 0 saturated carbocycles. The van der Waals surface area contributed by atoms with E-state index >= 15 is 0 Å². The van der Waals surface area contributed by atoms with E-state index in [0.717, 1.165) is 22.3 Å². The molecule has 1 heterocycles. The average Bonchev–Trinajstić information content (AvgIpc) is 3.37. The van der Waals surface area contributed by atoms with E-state index in [1.807, 2.05) is 78.8 Å². The number of rotatable bonds is 9. The summed E-state index contributed by atoms with van der Waals surface area (Å²) >= 11 is 0. The third kappa shape index (κ3) is 5.58. The number of aliphatic hydroxyl groups is 1. The van der Waals surface area contributed by atoms with E-state index in [1.54, 1.807) is 6.08 Å². The number of aliphatic hydroxyl groups excluding tert-OH is 1. The molecule has 6 heteroatoms. The van der Waals surface area contributed by atoms with Crippen LogP contribution >= 0.6 is 0 Å². The summed E-state index contributed by atoms with van der Waals surface area (Å²) in [7, 11) is -2.76. The fraction of sp³-hybridized carbons (Fsp3) is 0.278. The molecule has 0 bridgehead atoms. The topological polar surface area (TPSA) is 47.9 Å². The highest BCUT2D eigenvalue weighted by atomic mass is 28.4. The van der Waals surface area contributed by atoms with Gasteiger partial charge in [0.2, 0.25) is 0 Å². The normalized spacial score (nSPS) is 17.4. The fourth-order valence-electron chi connectivity index (χ4n) is 5.51. The first-order valence-electron chi connectivity index (χ1n) is 14.7. The van der Waals surface area contributed by atoms with Crippen LogP contribution in [0.5, 0.6) is 0 Å². The molecule has 1 fully saturated rings. The zero-order chi connectivity index (χ0) is 29.8. The molecule has 1 N–H and O–H groups in total. The van der Waals surface area contributed by atoms with Crippen molar-refractivity contribution in [2.75, 3.05) is 6.61 Å². The van der Waals surface area contributed by atoms with E-state index < -0.39 is 32.7 Å². The minimum Gasteiger partial charge on any atom is -0.414 e. The Hall–Kier alpha value is -3.26. The van der Waals surface area contributed by atoms with E-state index in [1.165, 1.54) is 0 Å². The van der Waals surface area contributed by atoms with Gasteiger partial charge in [0.25, 0.3) is 0 Å². The van der Waals surface area contributed by atoms with Crippen LogP contribution in [0.25, 0.3) is 0 Å². The molecule has 42 heavy (non-hydrogen) atoms. The summed E-state index contributed by atoms with van der Waals surface area (Å²) in [5.41, 5.74) is 1.80. The molecule has 1 aliphatic heterocycles. The molecule has 1 atom stereocenters. The van der Waals surface area contributed by atoms with E-state index in [4.69, 9.17) is 13.7 Å². The van der Waals surface area contributed by atoms with Crippen LogP contribution in [0.2, 0.25) is 18.1 Å². The Kier molecular flexibility index (Phi) is 8.74. The lowest BCUT2D eigenvalue weighted by atomic mass is 9.66. The van der Waals surface area contributed by atoms with Crippen LogP contribution in [0, 0.1) is 0 Å². The quantitative estimate of drug-likeness (QED) is 0.206. The third-order valence-corrected chi connectivity index (χ3v) is 13.2. The van der Waals surface area contributed by atoms with Crippen molar-refractivity contribution in [1.82, 2.24) is 0 Å². The van der Waals surface area contributed by atoms with E-state index in [0.29, 0.717) is 0 Å². The third-order valence-electron chi connectivity index (χ3n) is 8.71. The Morgan fingerprint density at radius 3 is 1.33 bits per heavy atom. The van der Waals surface area contributed by atoms with Crippen LogP contribution in [0.15, 0.2) is 133 Å². The van der Waals surface area contributed by atoms with E-state index in [2.05, 4.69) is 82.4 Å². The highest BCUT2D eigenvalue weighted by Gasteiger charge is 2.65. The Bertz CT molecular complexity index is 1280. The zero-order valence-corrected chi connectivity index (χ0v) is 26.2. The fourth-order valence-corrected chi connectivity index (χ4v) is 6.53. The van der Waals surface area contributed by atoms with Crippen LogP contribution in [0.3, 0.4) is 0 Å². The zero-order valence-electron chi connectivity index (χ0n) is 25.2. The van der Waals surface area contributed by atoms with Crippen molar-refractivity contribution in [3.63, 3.8) is 0 Å². The molecule has 0 spiro atoms. The standard InChI is InChI=1S/C36H41BO4Si/c1-34(2,3)42(4,5)39-28-33(38)26-27-37-40-35(29-18-10-6-11-19-29,30-20-12-7-13-21-30)36(41-37,31-22-14-8-15-23-31)32-24-16-9-17-25-32/h6-27,33,38H,28H2,1-5H3/b27-26+. The molecule has 5 rings (SSSR count). The van der Waals surface area contributed by atoms with Gasteiger partial charge in [-0.25, -0.2) is 0 Å². The molecule has 0 aromatic heterocycles. The molecule has 0 aliphatic carbocycles. The predicted octanol–water partition coefficient (Wildman–Crippen LogP) is 7.89. The molecular weight excluding hydrogens is 535 g/mol. The van der Waals surface area contributed by atoms with Gasteiger partial charge in [-0.15, -0.1) is 0 Å². The van der Waals surface area contributed by atoms with Crippen LogP contribution < -0.4 is 0 Å². The molecule has 4 aromatic carbocycles. The minimum absolute atomic E-state index is 0.0596. The van der Waals surface area contributed by atoms with Gasteiger partial charge in [-0.3, -0.25) is 0 Å². The second-order valence-electron chi connectivity index (χ2n) is 12.5. The minimum atomic E-state index is -2.01. The summed E-state index contributed by atoms with van der Waals surface area (Å²) in [6, 6.07) is 41.2. The lowest BCUT2D eigenvalue weighted by Crippen LogP contribution is -2.48. The van der Waals surface area contributed by atoms with Gasteiger partial charge >= 0.3 is 7.12 Å². The maximum atomic E-state index is 11.0. The monoisotopic (exact) mass is 576 g/mol. The molecular formula is C36H41BO4Si. The van der Waals surface area contributed by atoms with Crippen LogP contribution in [0.1, 0.15) is 43.0 Å². The van der Waals surface area contributed by atoms with Crippen LogP contribution in [-0.2, 0) is 24.9 Å². The molecule has 4 aromatic rings. The highest BCUT2D eigenvalue weighted by Crippen LogP contribution is 2.58. The van der Waals surface area contributed by atoms with Gasteiger partial charge in [0.05, 0.1) is 12.7 Å². The van der Waals surface area contributed by atoms with Crippen molar-refractivity contribution < 1.29 is 18.8 Å². The van der Waals surface area contributed by atoms with Gasteiger partial charge in [-0.05, 0) is 40.4 Å². The van der Waals surface area contributed by atoms with Crippen molar-refractivity contribution in [1.29, 1.82) is 0 Å². The van der Waals surface area contributed by atoms with Gasteiger partial charge in [0.1, 0.15) is 11.2 Å². The molecule has 1 aliphatic rings. The first kappa shape index (κ1) is 30.2. The van der Waals surface area contributed by atoms with Gasteiger partial charge in [-0.1, -0.05) is 154 Å². The molecule has 0 amide bonds. The lowest BCUT2D eigenvalue weighted by molar-refractivity contribution is 0.00370. The Balaban J connectivity index is 1.64. The Labute approximate surface area is 252 Å². The van der Waals surface area contributed by atoms with Crippen molar-refractivity contribution in [2.24, 2.45) is 0 Å². The smallest absolute Gasteiger partial charge is 0.414 e. The van der Waals surface area contributed by atoms with Gasteiger partial charge < -0.3 is 18.8 Å². The predicted molar refractivity (Wildman–Crippen MR) is 174 cm³/mol. The Morgan fingerprint density at radius 1 is 0.690 bits per heavy atom. The highest BCUT2D eigenvalue weighted by molar-refractivity contribution is 6.74.